The first-order valence-corrected chi connectivity index (χ1v) is 8.82. The summed E-state index contributed by atoms with van der Waals surface area (Å²) < 4.78 is 6.55. The fourth-order valence-corrected chi connectivity index (χ4v) is 3.74. The number of fused-ring (bicyclic) bond motifs is 1. The predicted octanol–water partition coefficient (Wildman–Crippen LogP) is 3.79. The number of aromatic nitrogens is 1. The van der Waals surface area contributed by atoms with Crippen LogP contribution in [0.5, 0.6) is 0 Å². The van der Waals surface area contributed by atoms with E-state index in [2.05, 4.69) is 16.3 Å². The minimum atomic E-state index is -0.467. The van der Waals surface area contributed by atoms with Gasteiger partial charge in [-0.1, -0.05) is 23.5 Å². The lowest BCUT2D eigenvalue weighted by Gasteiger charge is -2.33. The third kappa shape index (κ3) is 4.13. The van der Waals surface area contributed by atoms with Gasteiger partial charge in [-0.3, -0.25) is 0 Å². The summed E-state index contributed by atoms with van der Waals surface area (Å²) in [5.74, 6) is 0. The molecule has 0 aliphatic carbocycles. The number of thiazole rings is 1. The lowest BCUT2D eigenvalue weighted by atomic mass is 10.1. The van der Waals surface area contributed by atoms with E-state index in [-0.39, 0.29) is 12.1 Å². The molecule has 0 saturated carbocycles. The van der Waals surface area contributed by atoms with Crippen LogP contribution in [0.3, 0.4) is 0 Å². The zero-order valence-corrected chi connectivity index (χ0v) is 14.7. The number of carbonyl (C=O) groups is 1. The zero-order chi connectivity index (χ0) is 16.4. The zero-order valence-electron chi connectivity index (χ0n) is 13.8. The maximum absolute atomic E-state index is 11.9. The number of nitrogens with one attached hydrogen (secondary N) is 1. The fraction of sp³-hybridized carbons (Fsp3) is 0.529. The Bertz CT molecular complexity index is 659. The first kappa shape index (κ1) is 16.1. The molecule has 0 spiro atoms. The van der Waals surface area contributed by atoms with E-state index in [0.29, 0.717) is 0 Å². The maximum Gasteiger partial charge on any atom is 0.407 e. The Labute approximate surface area is 140 Å². The summed E-state index contributed by atoms with van der Waals surface area (Å²) in [6, 6.07) is 8.28. The van der Waals surface area contributed by atoms with Crippen LogP contribution in [0.4, 0.5) is 9.93 Å². The van der Waals surface area contributed by atoms with Gasteiger partial charge in [0.2, 0.25) is 0 Å². The summed E-state index contributed by atoms with van der Waals surface area (Å²) in [7, 11) is 0. The van der Waals surface area contributed by atoms with Gasteiger partial charge in [0.1, 0.15) is 5.60 Å². The summed E-state index contributed by atoms with van der Waals surface area (Å²) in [6.45, 7) is 7.38. The quantitative estimate of drug-likeness (QED) is 0.908. The normalized spacial score (nSPS) is 18.9. The fourth-order valence-electron chi connectivity index (χ4n) is 2.74. The number of hydrogen-bond donors (Lipinski definition) is 1. The molecule has 3 rings (SSSR count). The summed E-state index contributed by atoms with van der Waals surface area (Å²) in [4.78, 5) is 18.9. The van der Waals surface area contributed by atoms with Crippen LogP contribution in [0, 0.1) is 0 Å². The van der Waals surface area contributed by atoms with Gasteiger partial charge in [0.05, 0.1) is 10.2 Å². The van der Waals surface area contributed by atoms with Crippen molar-refractivity contribution in [2.45, 2.75) is 45.3 Å². The van der Waals surface area contributed by atoms with Gasteiger partial charge in [0.15, 0.2) is 5.13 Å². The smallest absolute Gasteiger partial charge is 0.407 e. The van der Waals surface area contributed by atoms with E-state index in [0.717, 1.165) is 36.6 Å². The van der Waals surface area contributed by atoms with Crippen LogP contribution >= 0.6 is 11.3 Å². The molecule has 1 N–H and O–H groups in total. The molecule has 5 nitrogen and oxygen atoms in total. The van der Waals surface area contributed by atoms with Crippen LogP contribution in [0.1, 0.15) is 33.6 Å². The van der Waals surface area contributed by atoms with Crippen molar-refractivity contribution < 1.29 is 9.53 Å². The number of amides is 1. The van der Waals surface area contributed by atoms with Gasteiger partial charge >= 0.3 is 6.09 Å². The number of ether oxygens (including phenoxy) is 1. The second kappa shape index (κ2) is 6.35. The second-order valence-electron chi connectivity index (χ2n) is 6.90. The maximum atomic E-state index is 11.9. The summed E-state index contributed by atoms with van der Waals surface area (Å²) in [5.41, 5.74) is 0.570. The number of rotatable bonds is 2. The molecule has 2 aromatic rings. The van der Waals surface area contributed by atoms with Crippen molar-refractivity contribution >= 4 is 32.8 Å². The highest BCUT2D eigenvalue weighted by Crippen LogP contribution is 2.30. The Balaban J connectivity index is 1.65. The molecule has 1 atom stereocenters. The Kier molecular flexibility index (Phi) is 4.43. The molecule has 1 saturated heterocycles. The van der Waals surface area contributed by atoms with E-state index >= 15 is 0 Å². The number of nitrogens with zero attached hydrogens (tertiary/aromatic N) is 2. The van der Waals surface area contributed by atoms with Crippen LogP contribution < -0.4 is 10.2 Å². The second-order valence-corrected chi connectivity index (χ2v) is 7.90. The van der Waals surface area contributed by atoms with Gasteiger partial charge < -0.3 is 15.0 Å². The van der Waals surface area contributed by atoms with E-state index in [1.54, 1.807) is 11.3 Å². The number of benzene rings is 1. The number of alkyl carbamates (subject to hydrolysis) is 1. The minimum Gasteiger partial charge on any atom is -0.444 e. The minimum absolute atomic E-state index is 0.102. The molecule has 1 aliphatic rings. The van der Waals surface area contributed by atoms with E-state index in [1.807, 2.05) is 39.0 Å². The molecule has 1 fully saturated rings. The van der Waals surface area contributed by atoms with E-state index < -0.39 is 5.60 Å². The molecule has 0 radical (unpaired) electrons. The first-order chi connectivity index (χ1) is 10.9. The van der Waals surface area contributed by atoms with Gasteiger partial charge in [-0.2, -0.15) is 0 Å². The first-order valence-electron chi connectivity index (χ1n) is 8.01. The number of carbonyl (C=O) groups excluding carboxylic acids is 1. The standard InChI is InChI=1S/C17H23N3O2S/c1-17(2,3)22-16(21)18-12-7-6-10-20(11-12)15-19-13-8-4-5-9-14(13)23-15/h4-5,8-9,12H,6-7,10-11H2,1-3H3,(H,18,21)/t12-/m0/s1. The van der Waals surface area contributed by atoms with Crippen molar-refractivity contribution in [3.05, 3.63) is 24.3 Å². The van der Waals surface area contributed by atoms with Gasteiger partial charge in [-0.05, 0) is 45.7 Å². The van der Waals surface area contributed by atoms with Crippen molar-refractivity contribution in [3.63, 3.8) is 0 Å². The molecule has 0 unspecified atom stereocenters. The SMILES string of the molecule is CC(C)(C)OC(=O)N[C@H]1CCCN(c2nc3ccccc3s2)C1. The molecular formula is C17H23N3O2S. The molecule has 1 aromatic carbocycles. The van der Waals surface area contributed by atoms with Crippen molar-refractivity contribution in [2.75, 3.05) is 18.0 Å². The Morgan fingerprint density at radius 1 is 1.39 bits per heavy atom. The van der Waals surface area contributed by atoms with Crippen LogP contribution in [0.15, 0.2) is 24.3 Å². The van der Waals surface area contributed by atoms with Crippen LogP contribution in [0.25, 0.3) is 10.2 Å². The lowest BCUT2D eigenvalue weighted by molar-refractivity contribution is 0.0500. The van der Waals surface area contributed by atoms with Gasteiger partial charge in [0.25, 0.3) is 0 Å². The van der Waals surface area contributed by atoms with Crippen molar-refractivity contribution in [3.8, 4) is 0 Å². The highest BCUT2D eigenvalue weighted by Gasteiger charge is 2.25. The average Bonchev–Trinajstić information content (AvgIpc) is 2.89. The van der Waals surface area contributed by atoms with Crippen LogP contribution in [-0.4, -0.2) is 35.8 Å². The Morgan fingerprint density at radius 2 is 2.17 bits per heavy atom. The van der Waals surface area contributed by atoms with Crippen LogP contribution in [-0.2, 0) is 4.74 Å². The van der Waals surface area contributed by atoms with Gasteiger partial charge in [-0.25, -0.2) is 9.78 Å². The lowest BCUT2D eigenvalue weighted by Crippen LogP contribution is -2.49. The van der Waals surface area contributed by atoms with E-state index in [1.165, 1.54) is 4.70 Å². The molecule has 1 aromatic heterocycles. The Morgan fingerprint density at radius 3 is 2.91 bits per heavy atom. The number of piperidine rings is 1. The largest absolute Gasteiger partial charge is 0.444 e. The van der Waals surface area contributed by atoms with Gasteiger partial charge in [0, 0.05) is 19.1 Å². The van der Waals surface area contributed by atoms with Gasteiger partial charge in [-0.15, -0.1) is 0 Å². The number of hydrogen-bond acceptors (Lipinski definition) is 5. The molecule has 1 aliphatic heterocycles. The molecule has 0 bridgehead atoms. The third-order valence-corrected chi connectivity index (χ3v) is 4.79. The predicted molar refractivity (Wildman–Crippen MR) is 94.2 cm³/mol. The van der Waals surface area contributed by atoms with E-state index in [9.17, 15) is 4.79 Å². The molecular weight excluding hydrogens is 310 g/mol. The van der Waals surface area contributed by atoms with E-state index in [4.69, 9.17) is 9.72 Å². The molecule has 1 amide bonds. The van der Waals surface area contributed by atoms with Crippen molar-refractivity contribution in [1.82, 2.24) is 10.3 Å². The Hall–Kier alpha value is -1.82. The summed E-state index contributed by atoms with van der Waals surface area (Å²) in [6.07, 6.45) is 1.67. The van der Waals surface area contributed by atoms with Crippen LogP contribution in [0.2, 0.25) is 0 Å². The number of anilines is 1. The topological polar surface area (TPSA) is 54.5 Å². The van der Waals surface area contributed by atoms with Crippen molar-refractivity contribution in [1.29, 1.82) is 0 Å². The highest BCUT2D eigenvalue weighted by atomic mass is 32.1. The monoisotopic (exact) mass is 333 g/mol. The van der Waals surface area contributed by atoms with Crippen molar-refractivity contribution in [2.24, 2.45) is 0 Å². The molecule has 2 heterocycles. The average molecular weight is 333 g/mol. The highest BCUT2D eigenvalue weighted by molar-refractivity contribution is 7.22. The molecule has 124 valence electrons. The summed E-state index contributed by atoms with van der Waals surface area (Å²) in [5, 5.41) is 4.01. The third-order valence-electron chi connectivity index (χ3n) is 3.70. The number of para-hydroxylation sites is 1. The molecule has 6 heteroatoms. The summed E-state index contributed by atoms with van der Waals surface area (Å²) >= 11 is 1.71. The molecule has 23 heavy (non-hydrogen) atoms.